The van der Waals surface area contributed by atoms with Crippen LogP contribution in [0.1, 0.15) is 18.1 Å². The van der Waals surface area contributed by atoms with Gasteiger partial charge in [-0.2, -0.15) is 10.5 Å². The highest BCUT2D eigenvalue weighted by Gasteiger charge is 2.18. The van der Waals surface area contributed by atoms with E-state index in [9.17, 15) is 20.1 Å². The van der Waals surface area contributed by atoms with Gasteiger partial charge in [0.15, 0.2) is 6.61 Å². The van der Waals surface area contributed by atoms with Gasteiger partial charge in [-0.15, -0.1) is 0 Å². The monoisotopic (exact) mass is 338 g/mol. The van der Waals surface area contributed by atoms with Crippen molar-refractivity contribution in [3.05, 3.63) is 45.7 Å². The van der Waals surface area contributed by atoms with Crippen molar-refractivity contribution in [3.63, 3.8) is 0 Å². The van der Waals surface area contributed by atoms with E-state index < -0.39 is 11.5 Å². The first kappa shape index (κ1) is 17.6. The van der Waals surface area contributed by atoms with Crippen LogP contribution in [0.5, 0.6) is 5.75 Å². The van der Waals surface area contributed by atoms with Crippen molar-refractivity contribution in [3.8, 4) is 29.0 Å². The number of nitrogen functional groups attached to an aromatic ring is 1. The van der Waals surface area contributed by atoms with Gasteiger partial charge >= 0.3 is 5.97 Å². The number of aromatic nitrogens is 1. The van der Waals surface area contributed by atoms with Crippen molar-refractivity contribution in [1.29, 1.82) is 10.5 Å². The van der Waals surface area contributed by atoms with Gasteiger partial charge in [0.2, 0.25) is 0 Å². The predicted octanol–water partition coefficient (Wildman–Crippen LogP) is 1.31. The first-order valence-electron chi connectivity index (χ1n) is 7.26. The lowest BCUT2D eigenvalue weighted by Gasteiger charge is -2.10. The van der Waals surface area contributed by atoms with Crippen molar-refractivity contribution in [2.24, 2.45) is 0 Å². The molecule has 0 aliphatic rings. The van der Waals surface area contributed by atoms with Gasteiger partial charge in [-0.25, -0.2) is 4.79 Å². The molecule has 0 unspecified atom stereocenters. The fourth-order valence-corrected chi connectivity index (χ4v) is 2.19. The van der Waals surface area contributed by atoms with Crippen LogP contribution in [0.25, 0.3) is 11.1 Å². The topological polar surface area (TPSA) is 142 Å². The number of H-pyrrole nitrogens is 1. The van der Waals surface area contributed by atoms with Gasteiger partial charge in [0.25, 0.3) is 5.56 Å². The Morgan fingerprint density at radius 3 is 2.40 bits per heavy atom. The van der Waals surface area contributed by atoms with Crippen molar-refractivity contribution in [2.45, 2.75) is 6.92 Å². The van der Waals surface area contributed by atoms with Crippen LogP contribution in [-0.2, 0) is 9.53 Å². The third kappa shape index (κ3) is 3.77. The van der Waals surface area contributed by atoms with E-state index in [1.807, 2.05) is 6.07 Å². The minimum absolute atomic E-state index is 0.0105. The van der Waals surface area contributed by atoms with Crippen molar-refractivity contribution in [2.75, 3.05) is 18.9 Å². The highest BCUT2D eigenvalue weighted by atomic mass is 16.6. The number of nitrogens with zero attached hydrogens (tertiary/aromatic N) is 2. The van der Waals surface area contributed by atoms with Gasteiger partial charge < -0.3 is 20.2 Å². The zero-order chi connectivity index (χ0) is 18.4. The number of carbonyl (C=O) groups is 1. The molecule has 0 radical (unpaired) electrons. The average Bonchev–Trinajstić information content (AvgIpc) is 2.60. The lowest BCUT2D eigenvalue weighted by atomic mass is 9.97. The van der Waals surface area contributed by atoms with Gasteiger partial charge in [0.05, 0.1) is 6.61 Å². The molecule has 1 aromatic heterocycles. The van der Waals surface area contributed by atoms with E-state index >= 15 is 0 Å². The van der Waals surface area contributed by atoms with Crippen LogP contribution < -0.4 is 16.0 Å². The molecule has 2 aromatic rings. The van der Waals surface area contributed by atoms with E-state index in [2.05, 4.69) is 4.98 Å². The summed E-state index contributed by atoms with van der Waals surface area (Å²) in [5, 5.41) is 18.5. The number of nitriles is 2. The van der Waals surface area contributed by atoms with E-state index in [4.69, 9.17) is 15.2 Å². The van der Waals surface area contributed by atoms with Crippen molar-refractivity contribution >= 4 is 11.8 Å². The number of ether oxygens (including phenoxy) is 2. The van der Waals surface area contributed by atoms with E-state index in [1.165, 1.54) is 0 Å². The average molecular weight is 338 g/mol. The zero-order valence-corrected chi connectivity index (χ0v) is 13.3. The minimum atomic E-state index is -0.670. The second-order valence-electron chi connectivity index (χ2n) is 4.83. The number of esters is 1. The highest BCUT2D eigenvalue weighted by Crippen LogP contribution is 2.29. The summed E-state index contributed by atoms with van der Waals surface area (Å²) < 4.78 is 10.0. The Labute approximate surface area is 143 Å². The maximum Gasteiger partial charge on any atom is 0.344 e. The van der Waals surface area contributed by atoms with Gasteiger partial charge in [0, 0.05) is 5.56 Å². The molecular formula is C17H14N4O4. The van der Waals surface area contributed by atoms with Gasteiger partial charge in [-0.3, -0.25) is 4.79 Å². The number of carbonyl (C=O) groups excluding carboxylic acids is 1. The molecular weight excluding hydrogens is 324 g/mol. The van der Waals surface area contributed by atoms with E-state index in [0.717, 1.165) is 0 Å². The first-order valence-corrected chi connectivity index (χ1v) is 7.26. The summed E-state index contributed by atoms with van der Waals surface area (Å²) in [7, 11) is 0. The third-order valence-corrected chi connectivity index (χ3v) is 3.27. The lowest BCUT2D eigenvalue weighted by molar-refractivity contribution is -0.145. The largest absolute Gasteiger partial charge is 0.482 e. The predicted molar refractivity (Wildman–Crippen MR) is 88.5 cm³/mol. The van der Waals surface area contributed by atoms with Crippen molar-refractivity contribution < 1.29 is 14.3 Å². The number of benzene rings is 1. The molecule has 1 aromatic carbocycles. The third-order valence-electron chi connectivity index (χ3n) is 3.27. The standard InChI is InChI=1S/C17H14N4O4/c1-2-24-14(22)9-25-11-5-3-10(4-6-11)15-12(7-18)16(20)21-17(23)13(15)8-19/h3-6H,2,9H2,1H3,(H3,20,21,23). The van der Waals surface area contributed by atoms with Gasteiger partial charge in [-0.05, 0) is 24.6 Å². The van der Waals surface area contributed by atoms with Crippen LogP contribution >= 0.6 is 0 Å². The molecule has 2 rings (SSSR count). The minimum Gasteiger partial charge on any atom is -0.482 e. The lowest BCUT2D eigenvalue weighted by Crippen LogP contribution is -2.16. The fourth-order valence-electron chi connectivity index (χ4n) is 2.19. The SMILES string of the molecule is CCOC(=O)COc1ccc(-c2c(C#N)c(N)[nH]c(=O)c2C#N)cc1. The van der Waals surface area contributed by atoms with Crippen LogP contribution in [0.4, 0.5) is 5.82 Å². The quantitative estimate of drug-likeness (QED) is 0.782. The Balaban J connectivity index is 2.38. The van der Waals surface area contributed by atoms with Crippen LogP contribution in [0.15, 0.2) is 29.1 Å². The molecule has 0 atom stereocenters. The normalized spacial score (nSPS) is 9.72. The molecule has 0 amide bonds. The summed E-state index contributed by atoms with van der Waals surface area (Å²) in [6.07, 6.45) is 0. The molecule has 0 saturated heterocycles. The molecule has 126 valence electrons. The molecule has 1 heterocycles. The molecule has 0 fully saturated rings. The number of aromatic amines is 1. The Bertz CT molecular complexity index is 933. The number of anilines is 1. The number of nitrogens with two attached hydrogens (primary N) is 1. The summed E-state index contributed by atoms with van der Waals surface area (Å²) >= 11 is 0. The molecule has 8 heteroatoms. The number of hydrogen-bond acceptors (Lipinski definition) is 7. The first-order chi connectivity index (χ1) is 12.0. The van der Waals surface area contributed by atoms with E-state index in [1.54, 1.807) is 37.3 Å². The van der Waals surface area contributed by atoms with Crippen LogP contribution in [-0.4, -0.2) is 24.2 Å². The molecule has 0 saturated carbocycles. The molecule has 0 aliphatic heterocycles. The van der Waals surface area contributed by atoms with Gasteiger partial charge in [0.1, 0.15) is 34.8 Å². The Kier molecular flexibility index (Phi) is 5.39. The fraction of sp³-hybridized carbons (Fsp3) is 0.176. The maximum atomic E-state index is 11.9. The van der Waals surface area contributed by atoms with Gasteiger partial charge in [-0.1, -0.05) is 12.1 Å². The number of hydrogen-bond donors (Lipinski definition) is 2. The zero-order valence-electron chi connectivity index (χ0n) is 13.3. The van der Waals surface area contributed by atoms with E-state index in [0.29, 0.717) is 11.3 Å². The highest BCUT2D eigenvalue weighted by molar-refractivity contribution is 5.80. The molecule has 0 spiro atoms. The Morgan fingerprint density at radius 1 is 1.20 bits per heavy atom. The molecule has 0 bridgehead atoms. The molecule has 0 aliphatic carbocycles. The summed E-state index contributed by atoms with van der Waals surface area (Å²) in [4.78, 5) is 25.4. The summed E-state index contributed by atoms with van der Waals surface area (Å²) in [5.74, 6) is -0.205. The second kappa shape index (κ2) is 7.66. The number of nitrogens with one attached hydrogen (secondary N) is 1. The summed E-state index contributed by atoms with van der Waals surface area (Å²) in [6.45, 7) is 1.72. The molecule has 3 N–H and O–H groups in total. The van der Waals surface area contributed by atoms with Crippen LogP contribution in [0, 0.1) is 22.7 Å². The Hall–Kier alpha value is -3.78. The summed E-state index contributed by atoms with van der Waals surface area (Å²) in [5.41, 5.74) is 5.42. The maximum absolute atomic E-state index is 11.9. The van der Waals surface area contributed by atoms with Crippen LogP contribution in [0.2, 0.25) is 0 Å². The Morgan fingerprint density at radius 2 is 1.84 bits per heavy atom. The van der Waals surface area contributed by atoms with Crippen molar-refractivity contribution in [1.82, 2.24) is 4.98 Å². The number of pyridine rings is 1. The second-order valence-corrected chi connectivity index (χ2v) is 4.83. The smallest absolute Gasteiger partial charge is 0.344 e. The molecule has 8 nitrogen and oxygen atoms in total. The van der Waals surface area contributed by atoms with Crippen LogP contribution in [0.3, 0.4) is 0 Å². The molecule has 25 heavy (non-hydrogen) atoms. The van der Waals surface area contributed by atoms with E-state index in [-0.39, 0.29) is 35.7 Å². The number of rotatable bonds is 5. The summed E-state index contributed by atoms with van der Waals surface area (Å²) in [6, 6.07) is 9.92.